The number of carbonyl (C=O) groups excluding carboxylic acids is 2. The van der Waals surface area contributed by atoms with E-state index in [1.54, 1.807) is 30.5 Å². The van der Waals surface area contributed by atoms with Crippen LogP contribution in [0.2, 0.25) is 0 Å². The van der Waals surface area contributed by atoms with Gasteiger partial charge in [-0.25, -0.2) is 9.97 Å². The maximum atomic E-state index is 13.0. The lowest BCUT2D eigenvalue weighted by molar-refractivity contribution is -0.218. The van der Waals surface area contributed by atoms with E-state index in [1.165, 1.54) is 19.2 Å². The van der Waals surface area contributed by atoms with Crippen LogP contribution in [0.3, 0.4) is 0 Å². The molecule has 1 atom stereocenters. The highest BCUT2D eigenvalue weighted by Crippen LogP contribution is 2.33. The standard InChI is InChI=1S/C21H23N7O8S2/c1-21(2)16(19(30)28(21)36-38(31,32)33)26-18(29)15(14-10-37-20(23)25-14)27-35-8-7-34-12-3-4-13-11(9-12)5-6-24-17(13)22/h3-6,9-10,16H,7-8H2,1-2H3,(H2,22,24)(H2,23,25)(H,26,29)(H,31,32,33). The van der Waals surface area contributed by atoms with Crippen LogP contribution in [0.1, 0.15) is 19.5 Å². The summed E-state index contributed by atoms with van der Waals surface area (Å²) in [7, 11) is -4.94. The minimum atomic E-state index is -4.94. The van der Waals surface area contributed by atoms with Gasteiger partial charge in [-0.3, -0.25) is 14.1 Å². The van der Waals surface area contributed by atoms with E-state index in [4.69, 9.17) is 25.6 Å². The van der Waals surface area contributed by atoms with E-state index in [-0.39, 0.29) is 29.8 Å². The second-order valence-electron chi connectivity index (χ2n) is 8.47. The Morgan fingerprint density at radius 3 is 2.71 bits per heavy atom. The molecule has 0 saturated carbocycles. The monoisotopic (exact) mass is 565 g/mol. The zero-order chi connectivity index (χ0) is 27.7. The van der Waals surface area contributed by atoms with Gasteiger partial charge in [0.2, 0.25) is 0 Å². The zero-order valence-corrected chi connectivity index (χ0v) is 21.7. The van der Waals surface area contributed by atoms with E-state index in [0.717, 1.165) is 22.1 Å². The third-order valence-corrected chi connectivity index (χ3v) is 6.48. The number of hydroxylamine groups is 2. The fourth-order valence-electron chi connectivity index (χ4n) is 3.60. The van der Waals surface area contributed by atoms with Gasteiger partial charge in [-0.15, -0.1) is 15.6 Å². The number of β-lactam (4-membered cyclic amide) rings is 1. The first-order valence-electron chi connectivity index (χ1n) is 10.9. The van der Waals surface area contributed by atoms with Crippen molar-refractivity contribution in [2.75, 3.05) is 24.7 Å². The quantitative estimate of drug-likeness (QED) is 0.0867. The number of carbonyl (C=O) groups is 2. The number of hydrogen-bond donors (Lipinski definition) is 4. The third-order valence-electron chi connectivity index (χ3n) is 5.47. The number of rotatable bonds is 10. The lowest BCUT2D eigenvalue weighted by atomic mass is 9.84. The summed E-state index contributed by atoms with van der Waals surface area (Å²) in [5.74, 6) is -0.774. The summed E-state index contributed by atoms with van der Waals surface area (Å²) in [6.45, 7) is 2.89. The molecule has 0 spiro atoms. The summed E-state index contributed by atoms with van der Waals surface area (Å²) < 4.78 is 40.8. The minimum Gasteiger partial charge on any atom is -0.490 e. The molecule has 1 aliphatic rings. The number of benzene rings is 1. The summed E-state index contributed by atoms with van der Waals surface area (Å²) >= 11 is 1.06. The molecule has 17 heteroatoms. The third kappa shape index (κ3) is 5.75. The predicted octanol–water partition coefficient (Wildman–Crippen LogP) is 0.495. The minimum absolute atomic E-state index is 0.0449. The van der Waals surface area contributed by atoms with Crippen LogP contribution in [0, 0.1) is 0 Å². The topological polar surface area (TPSA) is 222 Å². The van der Waals surface area contributed by atoms with Crippen LogP contribution in [0.25, 0.3) is 10.8 Å². The van der Waals surface area contributed by atoms with Gasteiger partial charge in [-0.2, -0.15) is 13.5 Å². The Labute approximate surface area is 220 Å². The van der Waals surface area contributed by atoms with Crippen LogP contribution in [-0.2, 0) is 29.1 Å². The molecule has 0 bridgehead atoms. The highest BCUT2D eigenvalue weighted by molar-refractivity contribution is 7.80. The lowest BCUT2D eigenvalue weighted by Crippen LogP contribution is -2.76. The maximum Gasteiger partial charge on any atom is 0.418 e. The summed E-state index contributed by atoms with van der Waals surface area (Å²) in [6.07, 6.45) is 1.59. The summed E-state index contributed by atoms with van der Waals surface area (Å²) in [5, 5.41) is 10.0. The van der Waals surface area contributed by atoms with Crippen molar-refractivity contribution in [3.05, 3.63) is 41.5 Å². The fourth-order valence-corrected chi connectivity index (χ4v) is 4.60. The molecule has 4 rings (SSSR count). The van der Waals surface area contributed by atoms with Crippen molar-refractivity contribution >= 4 is 61.0 Å². The van der Waals surface area contributed by atoms with Gasteiger partial charge >= 0.3 is 10.4 Å². The molecule has 3 heterocycles. The Bertz CT molecular complexity index is 1520. The van der Waals surface area contributed by atoms with Crippen molar-refractivity contribution in [3.8, 4) is 5.75 Å². The first-order chi connectivity index (χ1) is 17.9. The number of nitrogens with one attached hydrogen (secondary N) is 1. The molecule has 1 saturated heterocycles. The van der Waals surface area contributed by atoms with Gasteiger partial charge in [-0.05, 0) is 43.5 Å². The first kappa shape index (κ1) is 27.0. The molecule has 0 radical (unpaired) electrons. The van der Waals surface area contributed by atoms with Gasteiger partial charge in [0.1, 0.15) is 29.9 Å². The molecular formula is C21H23N7O8S2. The average Bonchev–Trinajstić information content (AvgIpc) is 3.28. The molecule has 0 aliphatic carbocycles. The van der Waals surface area contributed by atoms with Gasteiger partial charge in [0, 0.05) is 17.0 Å². The Kier molecular flexibility index (Phi) is 7.36. The van der Waals surface area contributed by atoms with E-state index in [1.807, 2.05) is 0 Å². The molecule has 1 fully saturated rings. The van der Waals surface area contributed by atoms with Crippen LogP contribution in [0.5, 0.6) is 5.75 Å². The molecule has 6 N–H and O–H groups in total. The molecule has 38 heavy (non-hydrogen) atoms. The molecule has 1 aromatic carbocycles. The Hall–Kier alpha value is -4.06. The van der Waals surface area contributed by atoms with E-state index in [2.05, 4.69) is 24.7 Å². The molecule has 15 nitrogen and oxygen atoms in total. The SMILES string of the molecule is CC1(C)C(NC(=O)C(=NOCCOc2ccc3c(N)nccc3c2)c2csc(N)n2)C(=O)N1OS(=O)(=O)O. The number of pyridine rings is 1. The van der Waals surface area contributed by atoms with Crippen molar-refractivity contribution < 1.29 is 36.4 Å². The van der Waals surface area contributed by atoms with Gasteiger partial charge in [0.05, 0.1) is 5.54 Å². The van der Waals surface area contributed by atoms with Crippen molar-refractivity contribution in [1.82, 2.24) is 20.3 Å². The molecule has 2 aromatic heterocycles. The van der Waals surface area contributed by atoms with Gasteiger partial charge in [0.25, 0.3) is 11.8 Å². The molecule has 1 unspecified atom stereocenters. The predicted molar refractivity (Wildman–Crippen MR) is 136 cm³/mol. The molecule has 1 aliphatic heterocycles. The van der Waals surface area contributed by atoms with Crippen LogP contribution >= 0.6 is 11.3 Å². The largest absolute Gasteiger partial charge is 0.490 e. The number of nitrogens with two attached hydrogens (primary N) is 2. The van der Waals surface area contributed by atoms with E-state index < -0.39 is 33.8 Å². The normalized spacial score (nSPS) is 17.2. The summed E-state index contributed by atoms with van der Waals surface area (Å²) in [5.41, 5.74) is 10.0. The summed E-state index contributed by atoms with van der Waals surface area (Å²) in [6, 6.07) is 5.91. The average molecular weight is 566 g/mol. The van der Waals surface area contributed by atoms with E-state index in [9.17, 15) is 18.0 Å². The molecule has 202 valence electrons. The van der Waals surface area contributed by atoms with Crippen LogP contribution in [0.15, 0.2) is 41.0 Å². The number of nitrogen functional groups attached to an aromatic ring is 2. The first-order valence-corrected chi connectivity index (χ1v) is 13.1. The number of amides is 2. The number of nitrogens with zero attached hydrogens (tertiary/aromatic N) is 4. The number of oxime groups is 1. The second-order valence-corrected chi connectivity index (χ2v) is 10.4. The van der Waals surface area contributed by atoms with Gasteiger partial charge < -0.3 is 26.4 Å². The number of anilines is 2. The number of fused-ring (bicyclic) bond motifs is 1. The van der Waals surface area contributed by atoms with Crippen LogP contribution < -0.4 is 21.5 Å². The highest BCUT2D eigenvalue weighted by Gasteiger charge is 2.58. The van der Waals surface area contributed by atoms with Crippen molar-refractivity contribution in [2.45, 2.75) is 25.4 Å². The Morgan fingerprint density at radius 2 is 2.05 bits per heavy atom. The maximum absolute atomic E-state index is 13.0. The number of hydrogen-bond acceptors (Lipinski definition) is 13. The number of ether oxygens (including phenoxy) is 1. The van der Waals surface area contributed by atoms with Crippen LogP contribution in [-0.4, -0.2) is 70.3 Å². The van der Waals surface area contributed by atoms with E-state index >= 15 is 0 Å². The zero-order valence-electron chi connectivity index (χ0n) is 20.0. The fraction of sp³-hybridized carbons (Fsp3) is 0.286. The Morgan fingerprint density at radius 1 is 1.29 bits per heavy atom. The number of thiazole rings is 1. The van der Waals surface area contributed by atoms with Gasteiger partial charge in [0.15, 0.2) is 17.5 Å². The Balaban J connectivity index is 1.40. The second kappa shape index (κ2) is 10.4. The summed E-state index contributed by atoms with van der Waals surface area (Å²) in [4.78, 5) is 38.7. The number of aromatic nitrogens is 2. The molecule has 2 amide bonds. The molecule has 3 aromatic rings. The van der Waals surface area contributed by atoms with Gasteiger partial charge in [-0.1, -0.05) is 5.16 Å². The smallest absolute Gasteiger partial charge is 0.418 e. The highest BCUT2D eigenvalue weighted by atomic mass is 32.3. The van der Waals surface area contributed by atoms with E-state index in [0.29, 0.717) is 16.6 Å². The van der Waals surface area contributed by atoms with Crippen molar-refractivity contribution in [3.63, 3.8) is 0 Å². The molecular weight excluding hydrogens is 542 g/mol. The van der Waals surface area contributed by atoms with Crippen molar-refractivity contribution in [1.29, 1.82) is 0 Å². The van der Waals surface area contributed by atoms with Crippen LogP contribution in [0.4, 0.5) is 10.9 Å². The lowest BCUT2D eigenvalue weighted by Gasteiger charge is -2.50. The van der Waals surface area contributed by atoms with Crippen molar-refractivity contribution in [2.24, 2.45) is 5.16 Å².